The van der Waals surface area contributed by atoms with Crippen LogP contribution in [-0.4, -0.2) is 23.9 Å². The summed E-state index contributed by atoms with van der Waals surface area (Å²) < 4.78 is 18.0. The standard InChI is InChI=1S/C27H26N2O3/c1-17(2)18-7-9-19(10-8-18)27-29-23(21-5-3-4-6-24(21)32-27)16-22(28-29)20-11-12-25-26(15-20)31-14-13-30-25/h3-12,15,17,23,27H,13-14,16H2,1-2H3/t23-,27-/m0/s1. The summed E-state index contributed by atoms with van der Waals surface area (Å²) >= 11 is 0. The quantitative estimate of drug-likeness (QED) is 0.529. The van der Waals surface area contributed by atoms with E-state index in [0.29, 0.717) is 19.1 Å². The third kappa shape index (κ3) is 3.20. The molecule has 0 saturated carbocycles. The fourth-order valence-corrected chi connectivity index (χ4v) is 4.70. The van der Waals surface area contributed by atoms with E-state index in [1.807, 2.05) is 18.2 Å². The first-order valence-corrected chi connectivity index (χ1v) is 11.3. The van der Waals surface area contributed by atoms with Crippen molar-refractivity contribution in [1.29, 1.82) is 0 Å². The lowest BCUT2D eigenvalue weighted by Gasteiger charge is -2.38. The van der Waals surface area contributed by atoms with E-state index < -0.39 is 0 Å². The van der Waals surface area contributed by atoms with Crippen LogP contribution in [0.3, 0.4) is 0 Å². The zero-order valence-electron chi connectivity index (χ0n) is 18.3. The van der Waals surface area contributed by atoms with Gasteiger partial charge in [-0.15, -0.1) is 0 Å². The van der Waals surface area contributed by atoms with Crippen LogP contribution in [0, 0.1) is 0 Å². The molecule has 0 aliphatic carbocycles. The summed E-state index contributed by atoms with van der Waals surface area (Å²) in [5, 5.41) is 7.20. The molecule has 3 aromatic rings. The third-order valence-electron chi connectivity index (χ3n) is 6.46. The highest BCUT2D eigenvalue weighted by Gasteiger charge is 2.41. The molecule has 5 nitrogen and oxygen atoms in total. The maximum Gasteiger partial charge on any atom is 0.213 e. The average Bonchev–Trinajstić information content (AvgIpc) is 3.29. The Kier molecular flexibility index (Phi) is 4.56. The Labute approximate surface area is 188 Å². The fraction of sp³-hybridized carbons (Fsp3) is 0.296. The number of fused-ring (bicyclic) bond motifs is 4. The number of benzene rings is 3. The second-order valence-corrected chi connectivity index (χ2v) is 8.83. The normalized spacial score (nSPS) is 21.0. The molecule has 32 heavy (non-hydrogen) atoms. The molecule has 0 radical (unpaired) electrons. The Hall–Kier alpha value is -3.47. The van der Waals surface area contributed by atoms with Gasteiger partial charge in [0.1, 0.15) is 19.0 Å². The summed E-state index contributed by atoms with van der Waals surface area (Å²) in [5.41, 5.74) is 5.72. The highest BCUT2D eigenvalue weighted by molar-refractivity contribution is 6.02. The van der Waals surface area contributed by atoms with Crippen molar-refractivity contribution in [3.05, 3.63) is 89.0 Å². The molecule has 0 bridgehead atoms. The second kappa shape index (κ2) is 7.59. The van der Waals surface area contributed by atoms with Crippen LogP contribution in [0.5, 0.6) is 17.2 Å². The number of nitrogens with zero attached hydrogens (tertiary/aromatic N) is 2. The van der Waals surface area contributed by atoms with Crippen LogP contribution in [0.1, 0.15) is 60.7 Å². The van der Waals surface area contributed by atoms with E-state index in [1.165, 1.54) is 11.1 Å². The van der Waals surface area contributed by atoms with Gasteiger partial charge in [-0.05, 0) is 35.7 Å². The molecular formula is C27H26N2O3. The molecule has 0 saturated heterocycles. The average molecular weight is 427 g/mol. The lowest BCUT2D eigenvalue weighted by Crippen LogP contribution is -2.33. The summed E-state index contributed by atoms with van der Waals surface area (Å²) in [6, 6.07) is 23.3. The molecule has 0 amide bonds. The van der Waals surface area contributed by atoms with Crippen molar-refractivity contribution < 1.29 is 14.2 Å². The summed E-state index contributed by atoms with van der Waals surface area (Å²) in [5.74, 6) is 3.02. The summed E-state index contributed by atoms with van der Waals surface area (Å²) in [7, 11) is 0. The molecule has 3 aromatic carbocycles. The van der Waals surface area contributed by atoms with Crippen LogP contribution < -0.4 is 14.2 Å². The summed E-state index contributed by atoms with van der Waals surface area (Å²) in [4.78, 5) is 0. The van der Waals surface area contributed by atoms with Crippen molar-refractivity contribution in [2.75, 3.05) is 13.2 Å². The molecule has 3 aliphatic heterocycles. The number of rotatable bonds is 3. The first kappa shape index (κ1) is 19.2. The van der Waals surface area contributed by atoms with Gasteiger partial charge < -0.3 is 14.2 Å². The van der Waals surface area contributed by atoms with Crippen LogP contribution in [0.15, 0.2) is 71.8 Å². The van der Waals surface area contributed by atoms with Gasteiger partial charge in [0.15, 0.2) is 11.5 Å². The van der Waals surface area contributed by atoms with Gasteiger partial charge in [0.25, 0.3) is 0 Å². The molecule has 2 atom stereocenters. The number of hydrogen-bond acceptors (Lipinski definition) is 5. The number of ether oxygens (including phenoxy) is 3. The summed E-state index contributed by atoms with van der Waals surface area (Å²) in [6.45, 7) is 5.59. The molecule has 0 N–H and O–H groups in total. The van der Waals surface area contributed by atoms with Crippen LogP contribution in [-0.2, 0) is 0 Å². The molecule has 6 rings (SSSR count). The molecule has 3 heterocycles. The maximum absolute atomic E-state index is 6.48. The molecule has 5 heteroatoms. The van der Waals surface area contributed by atoms with Gasteiger partial charge in [-0.2, -0.15) is 5.10 Å². The zero-order chi connectivity index (χ0) is 21.7. The minimum atomic E-state index is -0.258. The van der Waals surface area contributed by atoms with Gasteiger partial charge in [-0.25, -0.2) is 5.01 Å². The SMILES string of the molecule is CC(C)c1ccc([C@@H]2Oc3ccccc3[C@@H]3CC(c4ccc5c(c4)OCCO5)=NN32)cc1. The molecule has 162 valence electrons. The smallest absolute Gasteiger partial charge is 0.213 e. The molecular weight excluding hydrogens is 400 g/mol. The van der Waals surface area contributed by atoms with Crippen molar-refractivity contribution in [3.8, 4) is 17.2 Å². The Balaban J connectivity index is 1.39. The van der Waals surface area contributed by atoms with Crippen LogP contribution in [0.4, 0.5) is 0 Å². The Morgan fingerprint density at radius 1 is 0.875 bits per heavy atom. The van der Waals surface area contributed by atoms with Gasteiger partial charge in [0, 0.05) is 23.1 Å². The monoisotopic (exact) mass is 426 g/mol. The topological polar surface area (TPSA) is 43.3 Å². The second-order valence-electron chi connectivity index (χ2n) is 8.83. The van der Waals surface area contributed by atoms with Gasteiger partial charge in [-0.3, -0.25) is 0 Å². The van der Waals surface area contributed by atoms with E-state index in [1.54, 1.807) is 0 Å². The number of para-hydroxylation sites is 1. The molecule has 0 fully saturated rings. The van der Waals surface area contributed by atoms with Gasteiger partial charge in [0.05, 0.1) is 11.8 Å². The predicted molar refractivity (Wildman–Crippen MR) is 124 cm³/mol. The van der Waals surface area contributed by atoms with E-state index in [4.69, 9.17) is 19.3 Å². The van der Waals surface area contributed by atoms with Crippen molar-refractivity contribution in [2.24, 2.45) is 5.10 Å². The molecule has 0 spiro atoms. The van der Waals surface area contributed by atoms with Gasteiger partial charge >= 0.3 is 0 Å². The summed E-state index contributed by atoms with van der Waals surface area (Å²) in [6.07, 6.45) is 0.562. The Morgan fingerprint density at radius 3 is 2.47 bits per heavy atom. The molecule has 3 aliphatic rings. The van der Waals surface area contributed by atoms with E-state index >= 15 is 0 Å². The first-order valence-electron chi connectivity index (χ1n) is 11.3. The highest BCUT2D eigenvalue weighted by Crippen LogP contribution is 2.47. The minimum Gasteiger partial charge on any atom is -0.486 e. The van der Waals surface area contributed by atoms with E-state index in [0.717, 1.165) is 40.5 Å². The van der Waals surface area contributed by atoms with Crippen LogP contribution in [0.2, 0.25) is 0 Å². The van der Waals surface area contributed by atoms with E-state index in [9.17, 15) is 0 Å². The Morgan fingerprint density at radius 2 is 1.66 bits per heavy atom. The highest BCUT2D eigenvalue weighted by atomic mass is 16.6. The van der Waals surface area contributed by atoms with E-state index in [2.05, 4.69) is 67.4 Å². The van der Waals surface area contributed by atoms with Crippen molar-refractivity contribution in [3.63, 3.8) is 0 Å². The van der Waals surface area contributed by atoms with Crippen LogP contribution >= 0.6 is 0 Å². The molecule has 0 aromatic heterocycles. The zero-order valence-corrected chi connectivity index (χ0v) is 18.3. The predicted octanol–water partition coefficient (Wildman–Crippen LogP) is 5.82. The van der Waals surface area contributed by atoms with Crippen molar-refractivity contribution in [1.82, 2.24) is 5.01 Å². The van der Waals surface area contributed by atoms with Gasteiger partial charge in [0.2, 0.25) is 6.23 Å². The maximum atomic E-state index is 6.48. The van der Waals surface area contributed by atoms with E-state index in [-0.39, 0.29) is 12.3 Å². The van der Waals surface area contributed by atoms with Crippen molar-refractivity contribution in [2.45, 2.75) is 38.5 Å². The lowest BCUT2D eigenvalue weighted by molar-refractivity contribution is -0.0190. The number of hydrazone groups is 1. The lowest BCUT2D eigenvalue weighted by atomic mass is 9.95. The first-order chi connectivity index (χ1) is 15.7. The number of hydrogen-bond donors (Lipinski definition) is 0. The van der Waals surface area contributed by atoms with Gasteiger partial charge in [-0.1, -0.05) is 56.3 Å². The minimum absolute atomic E-state index is 0.137. The fourth-order valence-electron chi connectivity index (χ4n) is 4.70. The third-order valence-corrected chi connectivity index (χ3v) is 6.46. The molecule has 0 unspecified atom stereocenters. The van der Waals surface area contributed by atoms with Crippen LogP contribution in [0.25, 0.3) is 0 Å². The van der Waals surface area contributed by atoms with Crippen molar-refractivity contribution >= 4 is 5.71 Å². The largest absolute Gasteiger partial charge is 0.486 e. The Bertz CT molecular complexity index is 1190.